The van der Waals surface area contributed by atoms with Crippen LogP contribution in [0.5, 0.6) is 5.88 Å². The van der Waals surface area contributed by atoms with Crippen LogP contribution < -0.4 is 15.4 Å². The lowest BCUT2D eigenvalue weighted by molar-refractivity contribution is -0.117. The number of hydrogen-bond donors (Lipinski definition) is 2. The number of rotatable bonds is 5. The van der Waals surface area contributed by atoms with Crippen LogP contribution in [0, 0.1) is 0 Å². The summed E-state index contributed by atoms with van der Waals surface area (Å²) >= 11 is 0. The lowest BCUT2D eigenvalue weighted by atomic mass is 10.3. The van der Waals surface area contributed by atoms with Crippen molar-refractivity contribution < 1.29 is 9.53 Å². The van der Waals surface area contributed by atoms with Crippen molar-refractivity contribution in [3.8, 4) is 5.88 Å². The van der Waals surface area contributed by atoms with Gasteiger partial charge in [-0.15, -0.1) is 0 Å². The molecule has 0 aliphatic rings. The van der Waals surface area contributed by atoms with Crippen molar-refractivity contribution in [3.63, 3.8) is 0 Å². The van der Waals surface area contributed by atoms with E-state index in [1.807, 2.05) is 6.92 Å². The summed E-state index contributed by atoms with van der Waals surface area (Å²) in [6, 6.07) is 3.26. The fourth-order valence-electron chi connectivity index (χ4n) is 1.11. The number of ether oxygens (including phenoxy) is 1. The molecule has 0 radical (unpaired) electrons. The van der Waals surface area contributed by atoms with Gasteiger partial charge in [-0.25, -0.2) is 4.98 Å². The SMILES string of the molecule is CCOc1ncccc1NC(=O)C(C)NC. The highest BCUT2D eigenvalue weighted by Crippen LogP contribution is 2.20. The minimum atomic E-state index is -0.255. The Morgan fingerprint density at radius 1 is 1.62 bits per heavy atom. The third kappa shape index (κ3) is 3.20. The van der Waals surface area contributed by atoms with Crippen LogP contribution in [-0.4, -0.2) is 30.6 Å². The average molecular weight is 223 g/mol. The Bertz CT molecular complexity index is 355. The Hall–Kier alpha value is -1.62. The van der Waals surface area contributed by atoms with Gasteiger partial charge in [0.2, 0.25) is 11.8 Å². The molecule has 1 amide bonds. The number of amides is 1. The summed E-state index contributed by atoms with van der Waals surface area (Å²) in [6.45, 7) is 4.17. The Morgan fingerprint density at radius 2 is 2.38 bits per heavy atom. The van der Waals surface area contributed by atoms with Gasteiger partial charge in [0.1, 0.15) is 5.69 Å². The van der Waals surface area contributed by atoms with E-state index >= 15 is 0 Å². The summed E-state index contributed by atoms with van der Waals surface area (Å²) < 4.78 is 5.31. The smallest absolute Gasteiger partial charge is 0.241 e. The maximum Gasteiger partial charge on any atom is 0.241 e. The van der Waals surface area contributed by atoms with Crippen LogP contribution in [0.15, 0.2) is 18.3 Å². The van der Waals surface area contributed by atoms with Gasteiger partial charge in [0.05, 0.1) is 12.6 Å². The zero-order chi connectivity index (χ0) is 12.0. The van der Waals surface area contributed by atoms with E-state index in [0.29, 0.717) is 18.2 Å². The predicted molar refractivity (Wildman–Crippen MR) is 62.6 cm³/mol. The zero-order valence-corrected chi connectivity index (χ0v) is 9.78. The molecule has 5 heteroatoms. The van der Waals surface area contributed by atoms with Crippen LogP contribution in [0.3, 0.4) is 0 Å². The molecule has 1 unspecified atom stereocenters. The van der Waals surface area contributed by atoms with Gasteiger partial charge >= 0.3 is 0 Å². The molecule has 1 aromatic rings. The van der Waals surface area contributed by atoms with Crippen LogP contribution >= 0.6 is 0 Å². The summed E-state index contributed by atoms with van der Waals surface area (Å²) in [4.78, 5) is 15.7. The maximum absolute atomic E-state index is 11.6. The van der Waals surface area contributed by atoms with Gasteiger partial charge in [-0.3, -0.25) is 4.79 Å². The lowest BCUT2D eigenvalue weighted by Crippen LogP contribution is -2.35. The van der Waals surface area contributed by atoms with Crippen molar-refractivity contribution in [1.82, 2.24) is 10.3 Å². The number of pyridine rings is 1. The molecule has 88 valence electrons. The number of nitrogens with zero attached hydrogens (tertiary/aromatic N) is 1. The molecule has 0 aliphatic carbocycles. The van der Waals surface area contributed by atoms with E-state index in [1.165, 1.54) is 0 Å². The maximum atomic E-state index is 11.6. The second kappa shape index (κ2) is 6.07. The molecule has 5 nitrogen and oxygen atoms in total. The Labute approximate surface area is 95.2 Å². The van der Waals surface area contributed by atoms with Crippen molar-refractivity contribution in [2.45, 2.75) is 19.9 Å². The molecule has 1 heterocycles. The highest BCUT2D eigenvalue weighted by Gasteiger charge is 2.13. The Kier molecular flexibility index (Phi) is 4.72. The highest BCUT2D eigenvalue weighted by atomic mass is 16.5. The van der Waals surface area contributed by atoms with Crippen LogP contribution in [-0.2, 0) is 4.79 Å². The molecule has 0 aromatic carbocycles. The first kappa shape index (κ1) is 12.4. The van der Waals surface area contributed by atoms with E-state index < -0.39 is 0 Å². The van der Waals surface area contributed by atoms with E-state index in [0.717, 1.165) is 0 Å². The normalized spacial score (nSPS) is 11.9. The molecular formula is C11H17N3O2. The fourth-order valence-corrected chi connectivity index (χ4v) is 1.11. The Morgan fingerprint density at radius 3 is 3.00 bits per heavy atom. The second-order valence-electron chi connectivity index (χ2n) is 3.29. The molecule has 0 saturated heterocycles. The molecule has 2 N–H and O–H groups in total. The van der Waals surface area contributed by atoms with E-state index in [9.17, 15) is 4.79 Å². The molecule has 1 aromatic heterocycles. The predicted octanol–water partition coefficient (Wildman–Crippen LogP) is 1.03. The molecule has 0 spiro atoms. The van der Waals surface area contributed by atoms with Crippen molar-refractivity contribution in [1.29, 1.82) is 0 Å². The van der Waals surface area contributed by atoms with Crippen molar-refractivity contribution in [2.24, 2.45) is 0 Å². The summed E-state index contributed by atoms with van der Waals surface area (Å²) in [5.74, 6) is 0.332. The third-order valence-corrected chi connectivity index (χ3v) is 2.14. The average Bonchev–Trinajstić information content (AvgIpc) is 2.31. The van der Waals surface area contributed by atoms with E-state index in [4.69, 9.17) is 4.74 Å². The number of aromatic nitrogens is 1. The van der Waals surface area contributed by atoms with Gasteiger partial charge in [-0.2, -0.15) is 0 Å². The fraction of sp³-hybridized carbons (Fsp3) is 0.455. The van der Waals surface area contributed by atoms with Gasteiger partial charge in [0, 0.05) is 6.20 Å². The summed E-state index contributed by atoms with van der Waals surface area (Å²) in [6.07, 6.45) is 1.63. The highest BCUT2D eigenvalue weighted by molar-refractivity contribution is 5.95. The molecule has 0 aliphatic heterocycles. The molecule has 0 fully saturated rings. The molecule has 16 heavy (non-hydrogen) atoms. The van der Waals surface area contributed by atoms with Crippen LogP contribution in [0.4, 0.5) is 5.69 Å². The molecule has 0 saturated carbocycles. The monoisotopic (exact) mass is 223 g/mol. The molecular weight excluding hydrogens is 206 g/mol. The first-order chi connectivity index (χ1) is 7.69. The summed E-state index contributed by atoms with van der Waals surface area (Å²) in [5, 5.41) is 5.62. The first-order valence-electron chi connectivity index (χ1n) is 5.25. The van der Waals surface area contributed by atoms with Crippen LogP contribution in [0.1, 0.15) is 13.8 Å². The number of hydrogen-bond acceptors (Lipinski definition) is 4. The Balaban J connectivity index is 2.76. The van der Waals surface area contributed by atoms with E-state index in [2.05, 4.69) is 15.6 Å². The second-order valence-corrected chi connectivity index (χ2v) is 3.29. The van der Waals surface area contributed by atoms with Crippen molar-refractivity contribution in [2.75, 3.05) is 19.0 Å². The number of carbonyl (C=O) groups excluding carboxylic acids is 1. The lowest BCUT2D eigenvalue weighted by Gasteiger charge is -2.13. The minimum absolute atomic E-state index is 0.114. The molecule has 1 rings (SSSR count). The minimum Gasteiger partial charge on any atom is -0.476 e. The largest absolute Gasteiger partial charge is 0.476 e. The van der Waals surface area contributed by atoms with Gasteiger partial charge in [0.15, 0.2) is 0 Å². The molecule has 0 bridgehead atoms. The standard InChI is InChI=1S/C11H17N3O2/c1-4-16-11-9(6-5-7-13-11)14-10(15)8(2)12-3/h5-8,12H,4H2,1-3H3,(H,14,15). The van der Waals surface area contributed by atoms with Gasteiger partial charge in [-0.1, -0.05) is 0 Å². The van der Waals surface area contributed by atoms with Crippen molar-refractivity contribution >= 4 is 11.6 Å². The number of nitrogens with one attached hydrogen (secondary N) is 2. The molecule has 1 atom stereocenters. The zero-order valence-electron chi connectivity index (χ0n) is 9.78. The van der Waals surface area contributed by atoms with Crippen molar-refractivity contribution in [3.05, 3.63) is 18.3 Å². The van der Waals surface area contributed by atoms with Crippen LogP contribution in [0.25, 0.3) is 0 Å². The topological polar surface area (TPSA) is 63.2 Å². The van der Waals surface area contributed by atoms with Gasteiger partial charge in [-0.05, 0) is 33.0 Å². The first-order valence-corrected chi connectivity index (χ1v) is 5.25. The summed E-state index contributed by atoms with van der Waals surface area (Å²) in [7, 11) is 1.73. The van der Waals surface area contributed by atoms with E-state index in [-0.39, 0.29) is 11.9 Å². The number of carbonyl (C=O) groups is 1. The summed E-state index contributed by atoms with van der Waals surface area (Å²) in [5.41, 5.74) is 0.594. The van der Waals surface area contributed by atoms with Gasteiger partial charge in [0.25, 0.3) is 0 Å². The van der Waals surface area contributed by atoms with Gasteiger partial charge < -0.3 is 15.4 Å². The quantitative estimate of drug-likeness (QED) is 0.782. The number of likely N-dealkylation sites (N-methyl/N-ethyl adjacent to an activating group) is 1. The third-order valence-electron chi connectivity index (χ3n) is 2.14. The van der Waals surface area contributed by atoms with E-state index in [1.54, 1.807) is 32.3 Å². The van der Waals surface area contributed by atoms with Crippen LogP contribution in [0.2, 0.25) is 0 Å². The number of anilines is 1.